The van der Waals surface area contributed by atoms with Gasteiger partial charge in [-0.2, -0.15) is 18.2 Å². The van der Waals surface area contributed by atoms with Gasteiger partial charge in [0.05, 0.1) is 9.82 Å². The molecule has 0 radical (unpaired) electrons. The Morgan fingerprint density at radius 1 is 1.32 bits per heavy atom. The van der Waals surface area contributed by atoms with Gasteiger partial charge in [-0.05, 0) is 17.8 Å². The highest BCUT2D eigenvalue weighted by molar-refractivity contribution is 7.99. The van der Waals surface area contributed by atoms with Crippen molar-refractivity contribution in [2.75, 3.05) is 0 Å². The van der Waals surface area contributed by atoms with Crippen LogP contribution in [0, 0.1) is 10.1 Å². The van der Waals surface area contributed by atoms with Crippen molar-refractivity contribution in [2.45, 2.75) is 16.2 Å². The minimum absolute atomic E-state index is 0.167. The van der Waals surface area contributed by atoms with E-state index in [0.717, 1.165) is 0 Å². The Labute approximate surface area is 108 Å². The fourth-order valence-corrected chi connectivity index (χ4v) is 2.03. The number of benzene rings is 1. The van der Waals surface area contributed by atoms with Crippen LogP contribution < -0.4 is 0 Å². The van der Waals surface area contributed by atoms with Gasteiger partial charge in [0, 0.05) is 6.07 Å². The third-order valence-corrected chi connectivity index (χ3v) is 2.93. The van der Waals surface area contributed by atoms with Crippen LogP contribution in [0.15, 0.2) is 34.3 Å². The van der Waals surface area contributed by atoms with E-state index in [0.29, 0.717) is 11.8 Å². The van der Waals surface area contributed by atoms with Gasteiger partial charge in [0.15, 0.2) is 0 Å². The minimum atomic E-state index is -4.63. The van der Waals surface area contributed by atoms with Crippen LogP contribution in [0.3, 0.4) is 0 Å². The van der Waals surface area contributed by atoms with Crippen LogP contribution in [-0.4, -0.2) is 20.1 Å². The van der Waals surface area contributed by atoms with Gasteiger partial charge in [-0.3, -0.25) is 15.2 Å². The maximum Gasteiger partial charge on any atom is 0.451 e. The normalized spacial score (nSPS) is 11.5. The number of nitrogens with zero attached hydrogens (tertiary/aromatic N) is 3. The molecule has 0 spiro atoms. The number of nitro groups is 1. The fourth-order valence-electron chi connectivity index (χ4n) is 1.21. The Hall–Kier alpha value is -2.10. The number of hydrogen-bond donors (Lipinski definition) is 1. The molecule has 2 rings (SSSR count). The molecular formula is C9H5F3N4O2S. The smallest absolute Gasteiger partial charge is 0.258 e. The van der Waals surface area contributed by atoms with Crippen molar-refractivity contribution in [3.05, 3.63) is 40.2 Å². The zero-order chi connectivity index (χ0) is 14.0. The molecule has 0 aliphatic heterocycles. The monoisotopic (exact) mass is 290 g/mol. The van der Waals surface area contributed by atoms with Gasteiger partial charge < -0.3 is 0 Å². The van der Waals surface area contributed by atoms with E-state index in [1.807, 2.05) is 0 Å². The van der Waals surface area contributed by atoms with E-state index in [2.05, 4.69) is 10.1 Å². The van der Waals surface area contributed by atoms with Crippen LogP contribution >= 0.6 is 11.8 Å². The highest BCUT2D eigenvalue weighted by Crippen LogP contribution is 2.34. The fraction of sp³-hybridized carbons (Fsp3) is 0.111. The molecule has 0 aliphatic rings. The van der Waals surface area contributed by atoms with Gasteiger partial charge in [-0.1, -0.05) is 12.1 Å². The molecule has 1 aromatic heterocycles. The summed E-state index contributed by atoms with van der Waals surface area (Å²) in [5.41, 5.74) is -0.217. The molecule has 0 aliphatic carbocycles. The molecule has 100 valence electrons. The summed E-state index contributed by atoms with van der Waals surface area (Å²) in [6, 6.07) is 5.65. The highest BCUT2D eigenvalue weighted by atomic mass is 32.2. The summed E-state index contributed by atoms with van der Waals surface area (Å²) in [4.78, 5) is 13.5. The number of halogens is 3. The van der Waals surface area contributed by atoms with Crippen molar-refractivity contribution in [3.63, 3.8) is 0 Å². The Morgan fingerprint density at radius 2 is 2.00 bits per heavy atom. The Morgan fingerprint density at radius 3 is 2.58 bits per heavy atom. The molecule has 6 nitrogen and oxygen atoms in total. The van der Waals surface area contributed by atoms with Crippen molar-refractivity contribution in [1.82, 2.24) is 15.2 Å². The average Bonchev–Trinajstić information content (AvgIpc) is 2.77. The number of H-pyrrole nitrogens is 1. The van der Waals surface area contributed by atoms with Crippen molar-refractivity contribution in [3.8, 4) is 0 Å². The minimum Gasteiger partial charge on any atom is -0.258 e. The number of nitro benzene ring substituents is 1. The first-order chi connectivity index (χ1) is 8.88. The van der Waals surface area contributed by atoms with E-state index in [1.54, 1.807) is 5.10 Å². The van der Waals surface area contributed by atoms with Crippen LogP contribution in [0.25, 0.3) is 0 Å². The topological polar surface area (TPSA) is 84.7 Å². The van der Waals surface area contributed by atoms with E-state index < -0.39 is 16.9 Å². The molecule has 0 bridgehead atoms. The number of hydrogen-bond acceptors (Lipinski definition) is 5. The van der Waals surface area contributed by atoms with Crippen molar-refractivity contribution >= 4 is 17.4 Å². The molecule has 0 saturated heterocycles. The third-order valence-electron chi connectivity index (χ3n) is 2.00. The summed E-state index contributed by atoms with van der Waals surface area (Å²) in [7, 11) is 0. The predicted molar refractivity (Wildman–Crippen MR) is 58.6 cm³/mol. The van der Waals surface area contributed by atoms with Gasteiger partial charge in [-0.15, -0.1) is 5.10 Å². The van der Waals surface area contributed by atoms with Gasteiger partial charge in [0.2, 0.25) is 11.0 Å². The number of alkyl halides is 3. The van der Waals surface area contributed by atoms with E-state index in [-0.39, 0.29) is 15.7 Å². The Balaban J connectivity index is 2.27. The molecule has 0 fully saturated rings. The number of para-hydroxylation sites is 1. The van der Waals surface area contributed by atoms with Gasteiger partial charge in [0.25, 0.3) is 5.69 Å². The molecular weight excluding hydrogens is 285 g/mol. The molecule has 1 heterocycles. The van der Waals surface area contributed by atoms with Crippen LogP contribution in [0.2, 0.25) is 0 Å². The lowest BCUT2D eigenvalue weighted by molar-refractivity contribution is -0.387. The van der Waals surface area contributed by atoms with Gasteiger partial charge in [0.1, 0.15) is 0 Å². The summed E-state index contributed by atoms with van der Waals surface area (Å²) in [5.74, 6) is -1.24. The maximum absolute atomic E-state index is 12.3. The second kappa shape index (κ2) is 4.88. The largest absolute Gasteiger partial charge is 0.451 e. The number of aromatic amines is 1. The first-order valence-corrected chi connectivity index (χ1v) is 5.60. The molecule has 1 N–H and O–H groups in total. The predicted octanol–water partition coefficient (Wildman–Crippen LogP) is 2.88. The Bertz CT molecular complexity index is 614. The number of nitrogens with one attached hydrogen (secondary N) is 1. The molecule has 0 unspecified atom stereocenters. The first-order valence-electron chi connectivity index (χ1n) is 4.79. The third kappa shape index (κ3) is 3.02. The summed E-state index contributed by atoms with van der Waals surface area (Å²) in [6.07, 6.45) is -4.63. The summed E-state index contributed by atoms with van der Waals surface area (Å²) in [5, 5.41) is 15.6. The summed E-state index contributed by atoms with van der Waals surface area (Å²) < 4.78 is 36.9. The van der Waals surface area contributed by atoms with Crippen LogP contribution in [-0.2, 0) is 6.18 Å². The highest BCUT2D eigenvalue weighted by Gasteiger charge is 2.35. The first kappa shape index (κ1) is 13.3. The van der Waals surface area contributed by atoms with Crippen LogP contribution in [0.1, 0.15) is 5.82 Å². The zero-order valence-corrected chi connectivity index (χ0v) is 9.83. The lowest BCUT2D eigenvalue weighted by Gasteiger charge is -1.99. The second-order valence-electron chi connectivity index (χ2n) is 3.29. The van der Waals surface area contributed by atoms with E-state index >= 15 is 0 Å². The van der Waals surface area contributed by atoms with Crippen molar-refractivity contribution in [2.24, 2.45) is 0 Å². The van der Waals surface area contributed by atoms with Crippen molar-refractivity contribution < 1.29 is 18.1 Å². The SMILES string of the molecule is O=[N+]([O-])c1ccccc1Sc1n[nH]c(C(F)(F)F)n1. The second-order valence-corrected chi connectivity index (χ2v) is 4.30. The molecule has 1 aromatic carbocycles. The molecule has 0 saturated carbocycles. The number of aromatic nitrogens is 3. The summed E-state index contributed by atoms with van der Waals surface area (Å²) >= 11 is 0.684. The van der Waals surface area contributed by atoms with Gasteiger partial charge >= 0.3 is 6.18 Å². The quantitative estimate of drug-likeness (QED) is 0.694. The van der Waals surface area contributed by atoms with Crippen LogP contribution in [0.4, 0.5) is 18.9 Å². The molecule has 0 amide bonds. The number of rotatable bonds is 3. The van der Waals surface area contributed by atoms with E-state index in [1.165, 1.54) is 24.3 Å². The molecule has 10 heteroatoms. The zero-order valence-electron chi connectivity index (χ0n) is 9.01. The molecule has 0 atom stereocenters. The Kier molecular flexibility index (Phi) is 3.42. The maximum atomic E-state index is 12.3. The lowest BCUT2D eigenvalue weighted by Crippen LogP contribution is -2.07. The molecule has 2 aromatic rings. The lowest BCUT2D eigenvalue weighted by atomic mass is 10.3. The van der Waals surface area contributed by atoms with Crippen LogP contribution in [0.5, 0.6) is 0 Å². The standard InChI is InChI=1S/C9H5F3N4O2S/c10-9(11,12)7-13-8(15-14-7)19-6-4-2-1-3-5(6)16(17)18/h1-4H,(H,13,14,15). The van der Waals surface area contributed by atoms with Gasteiger partial charge in [-0.25, -0.2) is 0 Å². The average molecular weight is 290 g/mol. The van der Waals surface area contributed by atoms with Crippen molar-refractivity contribution in [1.29, 1.82) is 0 Å². The van der Waals surface area contributed by atoms with E-state index in [9.17, 15) is 23.3 Å². The molecule has 19 heavy (non-hydrogen) atoms. The summed E-state index contributed by atoms with van der Waals surface area (Å²) in [6.45, 7) is 0. The van der Waals surface area contributed by atoms with E-state index in [4.69, 9.17) is 0 Å².